The van der Waals surface area contributed by atoms with Crippen molar-refractivity contribution in [3.63, 3.8) is 0 Å². The Labute approximate surface area is 144 Å². The molecular formula is C16H17ClN2O3S. The first-order valence-corrected chi connectivity index (χ1v) is 8.50. The lowest BCUT2D eigenvalue weighted by atomic mass is 9.90. The molecule has 0 saturated carbocycles. The fourth-order valence-corrected chi connectivity index (χ4v) is 5.00. The van der Waals surface area contributed by atoms with E-state index in [0.717, 1.165) is 5.56 Å². The molecule has 0 spiro atoms. The van der Waals surface area contributed by atoms with Gasteiger partial charge in [0.15, 0.2) is 0 Å². The summed E-state index contributed by atoms with van der Waals surface area (Å²) >= 11 is 7.58. The maximum atomic E-state index is 12.6. The molecule has 0 N–H and O–H groups in total. The van der Waals surface area contributed by atoms with Gasteiger partial charge in [-0.1, -0.05) is 30.3 Å². The molecule has 1 aromatic carbocycles. The Morgan fingerprint density at radius 2 is 2.04 bits per heavy atom. The zero-order chi connectivity index (χ0) is 16.8. The van der Waals surface area contributed by atoms with Crippen molar-refractivity contribution in [2.45, 2.75) is 35.0 Å². The third-order valence-electron chi connectivity index (χ3n) is 4.25. The van der Waals surface area contributed by atoms with Gasteiger partial charge in [0, 0.05) is 6.21 Å². The Morgan fingerprint density at radius 3 is 2.65 bits per heavy atom. The molecule has 0 unspecified atom stereocenters. The number of nitrogens with zero attached hydrogens (tertiary/aromatic N) is 2. The van der Waals surface area contributed by atoms with Crippen molar-refractivity contribution < 1.29 is 14.3 Å². The first kappa shape index (κ1) is 16.3. The van der Waals surface area contributed by atoms with Crippen molar-refractivity contribution in [3.05, 3.63) is 35.9 Å². The molecule has 23 heavy (non-hydrogen) atoms. The number of hydrogen-bond acceptors (Lipinski definition) is 5. The molecule has 0 aliphatic carbocycles. The number of fused-ring (bicyclic) bond motifs is 1. The van der Waals surface area contributed by atoms with Gasteiger partial charge in [-0.2, -0.15) is 0 Å². The molecule has 0 radical (unpaired) electrons. The molecule has 7 heteroatoms. The van der Waals surface area contributed by atoms with E-state index >= 15 is 0 Å². The molecule has 2 aliphatic heterocycles. The Hall–Kier alpha value is -1.53. The average molecular weight is 353 g/mol. The van der Waals surface area contributed by atoms with Crippen LogP contribution in [0.25, 0.3) is 0 Å². The highest BCUT2D eigenvalue weighted by atomic mass is 35.5. The molecule has 1 aromatic rings. The number of hydrogen-bond donors (Lipinski definition) is 0. The van der Waals surface area contributed by atoms with Gasteiger partial charge in [-0.25, -0.2) is 4.79 Å². The largest absolute Gasteiger partial charge is 0.466 e. The molecule has 2 fully saturated rings. The maximum Gasteiger partial charge on any atom is 0.356 e. The number of carbonyl (C=O) groups is 2. The number of esters is 1. The normalized spacial score (nSPS) is 31.8. The first-order valence-electron chi connectivity index (χ1n) is 7.19. The Balaban J connectivity index is 2.08. The lowest BCUT2D eigenvalue weighted by Gasteiger charge is -2.46. The molecule has 1 amide bonds. The molecule has 3 atom stereocenters. The van der Waals surface area contributed by atoms with Crippen LogP contribution in [0.3, 0.4) is 0 Å². The molecule has 2 aliphatic rings. The zero-order valence-electron chi connectivity index (χ0n) is 13.0. The fourth-order valence-electron chi connectivity index (χ4n) is 3.02. The van der Waals surface area contributed by atoms with Gasteiger partial charge in [0.2, 0.25) is 11.6 Å². The van der Waals surface area contributed by atoms with E-state index < -0.39 is 21.8 Å². The third-order valence-corrected chi connectivity index (χ3v) is 6.42. The summed E-state index contributed by atoms with van der Waals surface area (Å²) < 4.78 is 4.34. The van der Waals surface area contributed by atoms with Crippen LogP contribution in [0.15, 0.2) is 35.3 Å². The van der Waals surface area contributed by atoms with Crippen molar-refractivity contribution in [1.82, 2.24) is 4.90 Å². The predicted octanol–water partition coefficient (Wildman–Crippen LogP) is 2.28. The first-order chi connectivity index (χ1) is 10.8. The van der Waals surface area contributed by atoms with E-state index in [1.54, 1.807) is 6.21 Å². The number of benzene rings is 1. The van der Waals surface area contributed by atoms with Gasteiger partial charge in [0.1, 0.15) is 10.8 Å². The van der Waals surface area contributed by atoms with Crippen molar-refractivity contribution in [1.29, 1.82) is 0 Å². The zero-order valence-corrected chi connectivity index (χ0v) is 14.6. The summed E-state index contributed by atoms with van der Waals surface area (Å²) in [4.78, 5) is 30.9. The molecule has 5 nitrogen and oxygen atoms in total. The molecule has 2 saturated heterocycles. The quantitative estimate of drug-likeness (QED) is 0.362. The minimum absolute atomic E-state index is 0.272. The molecule has 3 rings (SSSR count). The van der Waals surface area contributed by atoms with Crippen LogP contribution in [0.1, 0.15) is 19.4 Å². The van der Waals surface area contributed by atoms with Gasteiger partial charge in [0.25, 0.3) is 0 Å². The van der Waals surface area contributed by atoms with Gasteiger partial charge in [-0.3, -0.25) is 14.7 Å². The van der Waals surface area contributed by atoms with Crippen LogP contribution in [-0.2, 0) is 14.3 Å². The van der Waals surface area contributed by atoms with E-state index in [-0.39, 0.29) is 11.3 Å². The maximum absolute atomic E-state index is 12.6. The Morgan fingerprint density at radius 1 is 1.39 bits per heavy atom. The van der Waals surface area contributed by atoms with Gasteiger partial charge in [-0.05, 0) is 19.4 Å². The summed E-state index contributed by atoms with van der Waals surface area (Å²) in [5, 5.41) is -0.899. The summed E-state index contributed by atoms with van der Waals surface area (Å²) in [6, 6.07) is 9.42. The summed E-state index contributed by atoms with van der Waals surface area (Å²) in [7, 11) is 1.30. The topological polar surface area (TPSA) is 59.0 Å². The number of methoxy groups -OCH3 is 1. The van der Waals surface area contributed by atoms with Gasteiger partial charge < -0.3 is 4.74 Å². The molecule has 0 aromatic heterocycles. The number of rotatable bonds is 3. The number of alkyl halides is 1. The number of halogens is 1. The number of carbonyl (C=O) groups excluding carboxylic acids is 2. The van der Waals surface area contributed by atoms with Crippen molar-refractivity contribution >= 4 is 41.5 Å². The van der Waals surface area contributed by atoms with Crippen LogP contribution in [0, 0.1) is 0 Å². The number of aliphatic imine (C=N–C) groups is 1. The van der Waals surface area contributed by atoms with E-state index in [9.17, 15) is 9.59 Å². The number of thioether (sulfide) groups is 1. The van der Waals surface area contributed by atoms with Crippen molar-refractivity contribution in [3.8, 4) is 0 Å². The Bertz CT molecular complexity index is 679. The van der Waals surface area contributed by atoms with Gasteiger partial charge in [0.05, 0.1) is 11.9 Å². The predicted molar refractivity (Wildman–Crippen MR) is 90.7 cm³/mol. The van der Waals surface area contributed by atoms with E-state index in [2.05, 4.69) is 4.99 Å². The van der Waals surface area contributed by atoms with E-state index in [1.807, 2.05) is 44.2 Å². The SMILES string of the molecule is COC(=O)[C@]1(N=Cc2ccccc2)N2C(=O)[C@@H](Cl)[C@H]2SC1(C)C. The minimum Gasteiger partial charge on any atom is -0.466 e. The highest BCUT2D eigenvalue weighted by Crippen LogP contribution is 2.58. The summed E-state index contributed by atoms with van der Waals surface area (Å²) in [6.45, 7) is 3.76. The second-order valence-corrected chi connectivity index (χ2v) is 8.17. The van der Waals surface area contributed by atoms with Crippen LogP contribution in [-0.4, -0.2) is 51.3 Å². The smallest absolute Gasteiger partial charge is 0.356 e. The van der Waals surface area contributed by atoms with Crippen molar-refractivity contribution in [2.24, 2.45) is 4.99 Å². The fraction of sp³-hybridized carbons (Fsp3) is 0.438. The van der Waals surface area contributed by atoms with E-state index in [1.165, 1.54) is 23.8 Å². The molecule has 2 heterocycles. The average Bonchev–Trinajstić information content (AvgIpc) is 2.78. The third kappa shape index (κ3) is 2.19. The van der Waals surface area contributed by atoms with Gasteiger partial charge in [-0.15, -0.1) is 23.4 Å². The van der Waals surface area contributed by atoms with Gasteiger partial charge >= 0.3 is 5.97 Å². The Kier molecular flexibility index (Phi) is 3.92. The second-order valence-electron chi connectivity index (χ2n) is 5.96. The highest BCUT2D eigenvalue weighted by Gasteiger charge is 2.73. The van der Waals surface area contributed by atoms with Crippen LogP contribution < -0.4 is 0 Å². The summed E-state index contributed by atoms with van der Waals surface area (Å²) in [5.74, 6) is -0.841. The van der Waals surface area contributed by atoms with Crippen LogP contribution >= 0.6 is 23.4 Å². The molecular weight excluding hydrogens is 336 g/mol. The number of amides is 1. The van der Waals surface area contributed by atoms with Crippen LogP contribution in [0.5, 0.6) is 0 Å². The molecule has 0 bridgehead atoms. The monoisotopic (exact) mass is 352 g/mol. The van der Waals surface area contributed by atoms with Crippen molar-refractivity contribution in [2.75, 3.05) is 7.11 Å². The standard InChI is InChI=1S/C16H17ClN2O3S/c1-15(2)16(14(21)22-3,18-9-10-7-5-4-6-8-10)19-12(20)11(17)13(19)23-15/h4-9,11,13H,1-3H3/t11-,13-,16+/m1/s1. The lowest BCUT2D eigenvalue weighted by Crippen LogP contribution is -2.70. The molecule has 122 valence electrons. The van der Waals surface area contributed by atoms with Crippen LogP contribution in [0.2, 0.25) is 0 Å². The highest BCUT2D eigenvalue weighted by molar-refractivity contribution is 8.01. The summed E-state index contributed by atoms with van der Waals surface area (Å²) in [6.07, 6.45) is 1.61. The number of β-lactam (4-membered cyclic amide) rings is 1. The lowest BCUT2D eigenvalue weighted by molar-refractivity contribution is -0.169. The minimum atomic E-state index is -1.41. The second kappa shape index (κ2) is 5.53. The summed E-state index contributed by atoms with van der Waals surface area (Å²) in [5.41, 5.74) is -0.564. The van der Waals surface area contributed by atoms with E-state index in [0.29, 0.717) is 0 Å². The number of ether oxygens (including phenoxy) is 1. The van der Waals surface area contributed by atoms with Crippen LogP contribution in [0.4, 0.5) is 0 Å². The van der Waals surface area contributed by atoms with E-state index in [4.69, 9.17) is 16.3 Å².